The molecule has 4 heteroatoms. The van der Waals surface area contributed by atoms with Gasteiger partial charge in [0.1, 0.15) is 0 Å². The van der Waals surface area contributed by atoms with Gasteiger partial charge in [0, 0.05) is 25.6 Å². The molecule has 1 aromatic carbocycles. The predicted molar refractivity (Wildman–Crippen MR) is 98.2 cm³/mol. The zero-order valence-electron chi connectivity index (χ0n) is 14.7. The first-order valence-electron chi connectivity index (χ1n) is 9.43. The molecule has 1 aliphatic heterocycles. The molecule has 1 aliphatic carbocycles. The van der Waals surface area contributed by atoms with Crippen LogP contribution in [0.25, 0.3) is 0 Å². The van der Waals surface area contributed by atoms with Crippen LogP contribution in [0.3, 0.4) is 0 Å². The molecule has 0 aromatic heterocycles. The molecule has 0 radical (unpaired) electrons. The number of para-hydroxylation sites is 2. The Hall–Kier alpha value is -1.55. The van der Waals surface area contributed by atoms with Crippen molar-refractivity contribution in [1.82, 2.24) is 0 Å². The molecule has 0 unspecified atom stereocenters. The first-order chi connectivity index (χ1) is 11.7. The number of hydrogen-bond acceptors (Lipinski definition) is 3. The summed E-state index contributed by atoms with van der Waals surface area (Å²) in [5.41, 5.74) is 2.05. The van der Waals surface area contributed by atoms with Gasteiger partial charge in [-0.2, -0.15) is 0 Å². The van der Waals surface area contributed by atoms with Crippen molar-refractivity contribution in [2.24, 2.45) is 17.8 Å². The van der Waals surface area contributed by atoms with Gasteiger partial charge in [-0.15, -0.1) is 0 Å². The van der Waals surface area contributed by atoms with Crippen molar-refractivity contribution in [3.05, 3.63) is 24.3 Å². The molecule has 4 nitrogen and oxygen atoms in total. The largest absolute Gasteiger partial charge is 0.396 e. The van der Waals surface area contributed by atoms with Crippen molar-refractivity contribution in [3.63, 3.8) is 0 Å². The fourth-order valence-corrected chi connectivity index (χ4v) is 3.97. The van der Waals surface area contributed by atoms with Crippen LogP contribution in [-0.2, 0) is 4.79 Å². The summed E-state index contributed by atoms with van der Waals surface area (Å²) < 4.78 is 0. The molecule has 3 rings (SSSR count). The molecule has 24 heavy (non-hydrogen) atoms. The maximum Gasteiger partial charge on any atom is 0.227 e. The van der Waals surface area contributed by atoms with E-state index in [0.29, 0.717) is 5.92 Å². The zero-order valence-corrected chi connectivity index (χ0v) is 14.7. The van der Waals surface area contributed by atoms with Crippen LogP contribution < -0.4 is 10.2 Å². The van der Waals surface area contributed by atoms with E-state index in [1.807, 2.05) is 18.2 Å². The number of carbonyl (C=O) groups excluding carboxylic acids is 1. The summed E-state index contributed by atoms with van der Waals surface area (Å²) in [6, 6.07) is 8.13. The van der Waals surface area contributed by atoms with Crippen LogP contribution in [0, 0.1) is 17.8 Å². The third-order valence-electron chi connectivity index (χ3n) is 5.76. The normalized spacial score (nSPS) is 25.5. The van der Waals surface area contributed by atoms with Gasteiger partial charge in [-0.3, -0.25) is 4.79 Å². The number of anilines is 2. The highest BCUT2D eigenvalue weighted by atomic mass is 16.3. The Morgan fingerprint density at radius 1 is 1.12 bits per heavy atom. The van der Waals surface area contributed by atoms with Crippen molar-refractivity contribution in [3.8, 4) is 0 Å². The van der Waals surface area contributed by atoms with Gasteiger partial charge in [-0.25, -0.2) is 0 Å². The fourth-order valence-electron chi connectivity index (χ4n) is 3.97. The summed E-state index contributed by atoms with van der Waals surface area (Å²) in [6.45, 7) is 4.45. The molecule has 1 heterocycles. The van der Waals surface area contributed by atoms with Gasteiger partial charge in [-0.05, 0) is 62.5 Å². The number of amides is 1. The minimum Gasteiger partial charge on any atom is -0.396 e. The van der Waals surface area contributed by atoms with Crippen molar-refractivity contribution >= 4 is 17.3 Å². The highest BCUT2D eigenvalue weighted by Gasteiger charge is 2.26. The van der Waals surface area contributed by atoms with Gasteiger partial charge < -0.3 is 15.3 Å². The molecule has 1 saturated carbocycles. The smallest absolute Gasteiger partial charge is 0.227 e. The van der Waals surface area contributed by atoms with E-state index in [4.69, 9.17) is 0 Å². The van der Waals surface area contributed by atoms with E-state index in [2.05, 4.69) is 23.2 Å². The molecule has 0 atom stereocenters. The van der Waals surface area contributed by atoms with Gasteiger partial charge in [0.2, 0.25) is 5.91 Å². The predicted octanol–water partition coefficient (Wildman–Crippen LogP) is 3.66. The van der Waals surface area contributed by atoms with Gasteiger partial charge in [-0.1, -0.05) is 19.1 Å². The number of nitrogens with one attached hydrogen (secondary N) is 1. The number of benzene rings is 1. The second-order valence-corrected chi connectivity index (χ2v) is 7.58. The quantitative estimate of drug-likeness (QED) is 0.886. The Kier molecular flexibility index (Phi) is 5.77. The van der Waals surface area contributed by atoms with Gasteiger partial charge in [0.25, 0.3) is 0 Å². The van der Waals surface area contributed by atoms with E-state index in [1.165, 1.54) is 0 Å². The lowest BCUT2D eigenvalue weighted by molar-refractivity contribution is -0.121. The number of aliphatic hydroxyl groups excluding tert-OH is 1. The molecular weight excluding hydrogens is 300 g/mol. The number of piperidine rings is 1. The molecule has 1 aromatic rings. The molecule has 1 saturated heterocycles. The summed E-state index contributed by atoms with van der Waals surface area (Å²) in [4.78, 5) is 15.0. The number of aliphatic hydroxyl groups is 1. The van der Waals surface area contributed by atoms with Crippen LogP contribution in [0.2, 0.25) is 0 Å². The summed E-state index contributed by atoms with van der Waals surface area (Å²) in [5, 5.41) is 12.5. The first-order valence-corrected chi connectivity index (χ1v) is 9.43. The van der Waals surface area contributed by atoms with Crippen molar-refractivity contribution in [2.45, 2.75) is 45.4 Å². The van der Waals surface area contributed by atoms with E-state index < -0.39 is 0 Å². The van der Waals surface area contributed by atoms with Gasteiger partial charge in [0.05, 0.1) is 11.4 Å². The van der Waals surface area contributed by atoms with E-state index in [0.717, 1.165) is 68.9 Å². The standard InChI is InChI=1S/C20H30N2O2/c1-15-6-8-17(9-7-15)20(24)21-18-4-2-3-5-19(18)22-12-10-16(14-23)11-13-22/h2-5,15-17,23H,6-14H2,1H3,(H,21,24). The minimum atomic E-state index is 0.161. The van der Waals surface area contributed by atoms with Gasteiger partial charge in [0.15, 0.2) is 0 Å². The Labute approximate surface area is 145 Å². The molecule has 1 amide bonds. The number of rotatable bonds is 4. The maximum atomic E-state index is 12.6. The van der Waals surface area contributed by atoms with E-state index in [1.54, 1.807) is 0 Å². The van der Waals surface area contributed by atoms with Crippen LogP contribution in [0.1, 0.15) is 45.4 Å². The summed E-state index contributed by atoms with van der Waals surface area (Å²) in [5.74, 6) is 1.52. The molecule has 132 valence electrons. The lowest BCUT2D eigenvalue weighted by Crippen LogP contribution is -2.35. The maximum absolute atomic E-state index is 12.6. The number of nitrogens with zero attached hydrogens (tertiary/aromatic N) is 1. The first kappa shape index (κ1) is 17.3. The van der Waals surface area contributed by atoms with Crippen LogP contribution in [0.5, 0.6) is 0 Å². The lowest BCUT2D eigenvalue weighted by Gasteiger charge is -2.34. The summed E-state index contributed by atoms with van der Waals surface area (Å²) in [7, 11) is 0. The van der Waals surface area contributed by atoms with Crippen LogP contribution >= 0.6 is 0 Å². The number of carbonyl (C=O) groups is 1. The molecule has 0 spiro atoms. The van der Waals surface area contributed by atoms with Crippen molar-refractivity contribution < 1.29 is 9.90 Å². The summed E-state index contributed by atoms with van der Waals surface area (Å²) >= 11 is 0. The lowest BCUT2D eigenvalue weighted by atomic mass is 9.82. The topological polar surface area (TPSA) is 52.6 Å². The Balaban J connectivity index is 1.65. The summed E-state index contributed by atoms with van der Waals surface area (Å²) in [6.07, 6.45) is 6.37. The SMILES string of the molecule is CC1CCC(C(=O)Nc2ccccc2N2CCC(CO)CC2)CC1. The van der Waals surface area contributed by atoms with Gasteiger partial charge >= 0.3 is 0 Å². The Morgan fingerprint density at radius 3 is 2.46 bits per heavy atom. The van der Waals surface area contributed by atoms with Crippen LogP contribution in [0.15, 0.2) is 24.3 Å². The molecule has 0 bridgehead atoms. The minimum absolute atomic E-state index is 0.161. The van der Waals surface area contributed by atoms with E-state index in [-0.39, 0.29) is 18.4 Å². The average molecular weight is 330 g/mol. The zero-order chi connectivity index (χ0) is 16.9. The average Bonchev–Trinajstić information content (AvgIpc) is 2.63. The van der Waals surface area contributed by atoms with Crippen molar-refractivity contribution in [1.29, 1.82) is 0 Å². The van der Waals surface area contributed by atoms with Crippen LogP contribution in [-0.4, -0.2) is 30.7 Å². The Bertz CT molecular complexity index is 544. The number of hydrogen-bond donors (Lipinski definition) is 2. The molecule has 2 N–H and O–H groups in total. The highest BCUT2D eigenvalue weighted by Crippen LogP contribution is 2.32. The Morgan fingerprint density at radius 2 is 1.79 bits per heavy atom. The molecule has 2 fully saturated rings. The third-order valence-corrected chi connectivity index (χ3v) is 5.76. The molecular formula is C20H30N2O2. The van der Waals surface area contributed by atoms with E-state index in [9.17, 15) is 9.90 Å². The van der Waals surface area contributed by atoms with E-state index >= 15 is 0 Å². The third kappa shape index (κ3) is 4.10. The monoisotopic (exact) mass is 330 g/mol. The van der Waals surface area contributed by atoms with Crippen molar-refractivity contribution in [2.75, 3.05) is 29.9 Å². The highest BCUT2D eigenvalue weighted by molar-refractivity contribution is 5.95. The van der Waals surface area contributed by atoms with Crippen LogP contribution in [0.4, 0.5) is 11.4 Å². The molecule has 2 aliphatic rings. The second kappa shape index (κ2) is 8.02. The second-order valence-electron chi connectivity index (χ2n) is 7.58. The fraction of sp³-hybridized carbons (Fsp3) is 0.650.